The molecule has 27 heavy (non-hydrogen) atoms. The van der Waals surface area contributed by atoms with E-state index in [1.165, 1.54) is 18.2 Å². The first-order valence-corrected chi connectivity index (χ1v) is 9.46. The number of ether oxygens (including phenoxy) is 1. The van der Waals surface area contributed by atoms with Gasteiger partial charge in [0, 0.05) is 45.9 Å². The number of halogens is 2. The second-order valence-corrected chi connectivity index (χ2v) is 6.70. The standard InChI is InChI=1S/C19H31F2N5O/c1-4-22-19(23-9-11-25(2)12-13-27-3)24-15-8-10-26(14-15)18-16(20)6-5-7-17(18)21/h5-7,15H,4,8-14H2,1-3H3,(H2,22,23,24). The van der Waals surface area contributed by atoms with Crippen LogP contribution in [0.25, 0.3) is 0 Å². The normalized spacial score (nSPS) is 17.6. The SMILES string of the molecule is CCNC(=NCCN(C)CCOC)NC1CCN(c2c(F)cccc2F)C1. The molecule has 152 valence electrons. The van der Waals surface area contributed by atoms with E-state index < -0.39 is 11.6 Å². The minimum absolute atomic E-state index is 0.0588. The summed E-state index contributed by atoms with van der Waals surface area (Å²) in [4.78, 5) is 8.52. The first-order chi connectivity index (χ1) is 13.0. The van der Waals surface area contributed by atoms with E-state index in [0.717, 1.165) is 32.0 Å². The maximum atomic E-state index is 14.0. The van der Waals surface area contributed by atoms with Crippen LogP contribution in [0.2, 0.25) is 0 Å². The van der Waals surface area contributed by atoms with Crippen LogP contribution >= 0.6 is 0 Å². The van der Waals surface area contributed by atoms with Crippen LogP contribution in [0.1, 0.15) is 13.3 Å². The van der Waals surface area contributed by atoms with Crippen LogP contribution in [0, 0.1) is 11.6 Å². The molecule has 0 saturated carbocycles. The number of aliphatic imine (C=N–C) groups is 1. The molecule has 1 heterocycles. The smallest absolute Gasteiger partial charge is 0.191 e. The second kappa shape index (κ2) is 11.0. The highest BCUT2D eigenvalue weighted by Crippen LogP contribution is 2.26. The first kappa shape index (κ1) is 21.4. The Morgan fingerprint density at radius 3 is 2.74 bits per heavy atom. The summed E-state index contributed by atoms with van der Waals surface area (Å²) in [6.07, 6.45) is 0.798. The Hall–Kier alpha value is -1.93. The molecular formula is C19H31F2N5O. The minimum Gasteiger partial charge on any atom is -0.383 e. The second-order valence-electron chi connectivity index (χ2n) is 6.70. The molecule has 0 spiro atoms. The van der Waals surface area contributed by atoms with Crippen molar-refractivity contribution >= 4 is 11.6 Å². The summed E-state index contributed by atoms with van der Waals surface area (Å²) in [6, 6.07) is 4.07. The van der Waals surface area contributed by atoms with Gasteiger partial charge in [-0.3, -0.25) is 4.99 Å². The van der Waals surface area contributed by atoms with Gasteiger partial charge >= 0.3 is 0 Å². The van der Waals surface area contributed by atoms with Crippen molar-refractivity contribution in [1.82, 2.24) is 15.5 Å². The predicted octanol–water partition coefficient (Wildman–Crippen LogP) is 1.68. The molecular weight excluding hydrogens is 352 g/mol. The van der Waals surface area contributed by atoms with Gasteiger partial charge in [0.05, 0.1) is 13.2 Å². The van der Waals surface area contributed by atoms with Crippen molar-refractivity contribution in [3.8, 4) is 0 Å². The van der Waals surface area contributed by atoms with Crippen LogP contribution in [-0.2, 0) is 4.74 Å². The van der Waals surface area contributed by atoms with E-state index in [0.29, 0.717) is 26.2 Å². The molecule has 1 saturated heterocycles. The molecule has 0 aromatic heterocycles. The van der Waals surface area contributed by atoms with Gasteiger partial charge in [-0.05, 0) is 32.5 Å². The lowest BCUT2D eigenvalue weighted by Crippen LogP contribution is -2.45. The highest BCUT2D eigenvalue weighted by atomic mass is 19.1. The summed E-state index contributed by atoms with van der Waals surface area (Å²) in [5.41, 5.74) is 0.0588. The Kier molecular flexibility index (Phi) is 8.74. The molecule has 6 nitrogen and oxygen atoms in total. The Morgan fingerprint density at radius 2 is 2.07 bits per heavy atom. The average molecular weight is 383 g/mol. The van der Waals surface area contributed by atoms with E-state index in [2.05, 4.69) is 20.5 Å². The molecule has 2 N–H and O–H groups in total. The third-order valence-electron chi connectivity index (χ3n) is 4.56. The van der Waals surface area contributed by atoms with Crippen molar-refractivity contribution in [3.05, 3.63) is 29.8 Å². The van der Waals surface area contributed by atoms with E-state index in [9.17, 15) is 8.78 Å². The quantitative estimate of drug-likeness (QED) is 0.502. The summed E-state index contributed by atoms with van der Waals surface area (Å²) in [5.74, 6) is -0.302. The van der Waals surface area contributed by atoms with Gasteiger partial charge in [0.1, 0.15) is 17.3 Å². The van der Waals surface area contributed by atoms with E-state index in [1.54, 1.807) is 12.0 Å². The Balaban J connectivity index is 1.88. The van der Waals surface area contributed by atoms with Crippen LogP contribution in [-0.4, -0.2) is 76.9 Å². The number of para-hydroxylation sites is 1. The number of methoxy groups -OCH3 is 1. The van der Waals surface area contributed by atoms with E-state index in [4.69, 9.17) is 4.74 Å². The van der Waals surface area contributed by atoms with Crippen molar-refractivity contribution in [2.24, 2.45) is 4.99 Å². The molecule has 1 aliphatic heterocycles. The van der Waals surface area contributed by atoms with Crippen molar-refractivity contribution in [1.29, 1.82) is 0 Å². The van der Waals surface area contributed by atoms with Crippen LogP contribution in [0.3, 0.4) is 0 Å². The van der Waals surface area contributed by atoms with E-state index >= 15 is 0 Å². The summed E-state index contributed by atoms with van der Waals surface area (Å²) in [6.45, 7) is 6.96. The summed E-state index contributed by atoms with van der Waals surface area (Å²) < 4.78 is 33.1. The molecule has 1 aliphatic rings. The molecule has 0 bridgehead atoms. The van der Waals surface area contributed by atoms with Gasteiger partial charge < -0.3 is 25.2 Å². The zero-order valence-electron chi connectivity index (χ0n) is 16.5. The largest absolute Gasteiger partial charge is 0.383 e. The number of nitrogens with zero attached hydrogens (tertiary/aromatic N) is 3. The molecule has 0 amide bonds. The van der Waals surface area contributed by atoms with Crippen molar-refractivity contribution < 1.29 is 13.5 Å². The molecule has 1 aromatic carbocycles. The Morgan fingerprint density at radius 1 is 1.33 bits per heavy atom. The zero-order valence-corrected chi connectivity index (χ0v) is 16.5. The third-order valence-corrected chi connectivity index (χ3v) is 4.56. The predicted molar refractivity (Wildman–Crippen MR) is 105 cm³/mol. The van der Waals surface area contributed by atoms with Crippen LogP contribution < -0.4 is 15.5 Å². The number of hydrogen-bond acceptors (Lipinski definition) is 4. The third kappa shape index (κ3) is 6.62. The Bertz CT molecular complexity index is 594. The molecule has 1 unspecified atom stereocenters. The molecule has 0 aliphatic carbocycles. The first-order valence-electron chi connectivity index (χ1n) is 9.46. The molecule has 2 rings (SSSR count). The van der Waals surface area contributed by atoms with Crippen molar-refractivity contribution in [3.63, 3.8) is 0 Å². The minimum atomic E-state index is -0.518. The highest BCUT2D eigenvalue weighted by Gasteiger charge is 2.27. The lowest BCUT2D eigenvalue weighted by atomic mass is 10.2. The number of guanidine groups is 1. The topological polar surface area (TPSA) is 52.1 Å². The fourth-order valence-corrected chi connectivity index (χ4v) is 3.08. The van der Waals surface area contributed by atoms with Gasteiger partial charge in [0.25, 0.3) is 0 Å². The summed E-state index contributed by atoms with van der Waals surface area (Å²) in [7, 11) is 3.73. The number of anilines is 1. The highest BCUT2D eigenvalue weighted by molar-refractivity contribution is 5.80. The van der Waals surface area contributed by atoms with Gasteiger partial charge in [-0.2, -0.15) is 0 Å². The fraction of sp³-hybridized carbons (Fsp3) is 0.632. The molecule has 1 fully saturated rings. The van der Waals surface area contributed by atoms with Gasteiger partial charge in [-0.25, -0.2) is 8.78 Å². The average Bonchev–Trinajstić information content (AvgIpc) is 3.08. The summed E-state index contributed by atoms with van der Waals surface area (Å²) in [5, 5.41) is 6.61. The van der Waals surface area contributed by atoms with Crippen molar-refractivity contribution in [2.75, 3.05) is 64.9 Å². The lowest BCUT2D eigenvalue weighted by Gasteiger charge is -2.21. The van der Waals surface area contributed by atoms with Gasteiger partial charge in [-0.15, -0.1) is 0 Å². The number of hydrogen-bond donors (Lipinski definition) is 2. The number of rotatable bonds is 9. The molecule has 1 atom stereocenters. The van der Waals surface area contributed by atoms with Crippen LogP contribution in [0.15, 0.2) is 23.2 Å². The van der Waals surface area contributed by atoms with Gasteiger partial charge in [0.15, 0.2) is 5.96 Å². The van der Waals surface area contributed by atoms with Crippen molar-refractivity contribution in [2.45, 2.75) is 19.4 Å². The molecule has 1 aromatic rings. The van der Waals surface area contributed by atoms with Crippen LogP contribution in [0.4, 0.5) is 14.5 Å². The summed E-state index contributed by atoms with van der Waals surface area (Å²) >= 11 is 0. The van der Waals surface area contributed by atoms with Gasteiger partial charge in [-0.1, -0.05) is 6.07 Å². The van der Waals surface area contributed by atoms with Gasteiger partial charge in [0.2, 0.25) is 0 Å². The van der Waals surface area contributed by atoms with Crippen LogP contribution in [0.5, 0.6) is 0 Å². The van der Waals surface area contributed by atoms with E-state index in [1.807, 2.05) is 14.0 Å². The molecule has 8 heteroatoms. The number of nitrogens with one attached hydrogen (secondary N) is 2. The fourth-order valence-electron chi connectivity index (χ4n) is 3.08. The number of benzene rings is 1. The van der Waals surface area contributed by atoms with E-state index in [-0.39, 0.29) is 11.7 Å². The Labute approximate surface area is 160 Å². The maximum absolute atomic E-state index is 14.0. The maximum Gasteiger partial charge on any atom is 0.191 e. The zero-order chi connectivity index (χ0) is 19.6. The lowest BCUT2D eigenvalue weighted by molar-refractivity contribution is 0.163. The monoisotopic (exact) mass is 383 g/mol. The number of likely N-dealkylation sites (N-methyl/N-ethyl adjacent to an activating group) is 1. The molecule has 0 radical (unpaired) electrons.